The summed E-state index contributed by atoms with van der Waals surface area (Å²) in [5.74, 6) is -0.353. The van der Waals surface area contributed by atoms with E-state index in [-0.39, 0.29) is 11.1 Å². The smallest absolute Gasteiger partial charge is 0.222 e. The van der Waals surface area contributed by atoms with Crippen molar-refractivity contribution in [2.75, 3.05) is 20.6 Å². The second kappa shape index (κ2) is 7.24. The first-order chi connectivity index (χ1) is 10.5. The van der Waals surface area contributed by atoms with Crippen molar-refractivity contribution in [3.05, 3.63) is 58.9 Å². The Hall–Kier alpha value is -2.11. The summed E-state index contributed by atoms with van der Waals surface area (Å²) in [6.07, 6.45) is 2.29. The summed E-state index contributed by atoms with van der Waals surface area (Å²) in [4.78, 5) is 21.6. The molecule has 0 aliphatic carbocycles. The Balaban J connectivity index is 2.61. The minimum atomic E-state index is -0.353. The number of aldehydes is 1. The van der Waals surface area contributed by atoms with Crippen LogP contribution >= 0.6 is 11.6 Å². The van der Waals surface area contributed by atoms with Gasteiger partial charge < -0.3 is 4.90 Å². The number of carbonyl (C=O) groups excluding carboxylic acids is 1. The van der Waals surface area contributed by atoms with E-state index in [1.54, 1.807) is 18.2 Å². The van der Waals surface area contributed by atoms with Gasteiger partial charge in [0, 0.05) is 23.9 Å². The van der Waals surface area contributed by atoms with Crippen LogP contribution in [-0.2, 0) is 4.79 Å². The Bertz CT molecular complexity index is 699. The summed E-state index contributed by atoms with van der Waals surface area (Å²) in [5, 5.41) is 0.109. The van der Waals surface area contributed by atoms with E-state index >= 15 is 0 Å². The number of carbonyl (C=O) groups is 1. The van der Waals surface area contributed by atoms with Crippen molar-refractivity contribution >= 4 is 29.0 Å². The predicted molar refractivity (Wildman–Crippen MR) is 84.9 cm³/mol. The molecule has 1 heterocycles. The fourth-order valence-electron chi connectivity index (χ4n) is 2.07. The number of halogens is 2. The Morgan fingerprint density at radius 3 is 2.50 bits per heavy atom. The monoisotopic (exact) mass is 319 g/mol. The predicted octanol–water partition coefficient (Wildman–Crippen LogP) is 2.94. The van der Waals surface area contributed by atoms with Crippen LogP contribution in [0.5, 0.6) is 0 Å². The Kier molecular flexibility index (Phi) is 5.35. The normalized spacial score (nSPS) is 12.2. The molecule has 0 fully saturated rings. The van der Waals surface area contributed by atoms with Crippen LogP contribution in [0.3, 0.4) is 0 Å². The largest absolute Gasteiger partial charge is 0.305 e. The topological polar surface area (TPSA) is 46.1 Å². The molecule has 4 nitrogen and oxygen atoms in total. The van der Waals surface area contributed by atoms with Gasteiger partial charge in [0.15, 0.2) is 6.29 Å². The van der Waals surface area contributed by atoms with Crippen molar-refractivity contribution in [3.63, 3.8) is 0 Å². The van der Waals surface area contributed by atoms with Gasteiger partial charge in [0.2, 0.25) is 5.28 Å². The third-order valence-electron chi connectivity index (χ3n) is 3.01. The van der Waals surface area contributed by atoms with Gasteiger partial charge in [-0.3, -0.25) is 4.79 Å². The van der Waals surface area contributed by atoms with Crippen molar-refractivity contribution in [3.8, 4) is 0 Å². The molecule has 0 saturated heterocycles. The zero-order valence-corrected chi connectivity index (χ0v) is 13.0. The third kappa shape index (κ3) is 3.96. The number of hydrogen-bond acceptors (Lipinski definition) is 4. The lowest BCUT2D eigenvalue weighted by Gasteiger charge is -2.16. The fourth-order valence-corrected chi connectivity index (χ4v) is 2.21. The molecule has 1 aromatic heterocycles. The second-order valence-corrected chi connectivity index (χ2v) is 5.30. The fraction of sp³-hybridized carbons (Fsp3) is 0.188. The van der Waals surface area contributed by atoms with Gasteiger partial charge in [0.1, 0.15) is 5.82 Å². The number of nitrogens with zero attached hydrogens (tertiary/aromatic N) is 3. The summed E-state index contributed by atoms with van der Waals surface area (Å²) in [6, 6.07) is 7.46. The highest BCUT2D eigenvalue weighted by atomic mass is 35.5. The van der Waals surface area contributed by atoms with Gasteiger partial charge in [0.05, 0.1) is 5.69 Å². The van der Waals surface area contributed by atoms with Crippen LogP contribution in [0.4, 0.5) is 4.39 Å². The number of hydrogen-bond donors (Lipinski definition) is 0. The molecule has 0 spiro atoms. The summed E-state index contributed by atoms with van der Waals surface area (Å²) in [6.45, 7) is 0.485. The molecule has 0 bridgehead atoms. The van der Waals surface area contributed by atoms with Crippen molar-refractivity contribution < 1.29 is 9.18 Å². The molecule has 0 aliphatic rings. The standard InChI is InChI=1S/C16H15ClFN3O/c1-21(2)9-13(15-7-8-19-16(17)20-15)14(10-22)11-3-5-12(18)6-4-11/h3-8,10H,9H2,1-2H3/b14-13-. The molecule has 0 radical (unpaired) electrons. The highest BCUT2D eigenvalue weighted by molar-refractivity contribution is 6.28. The van der Waals surface area contributed by atoms with E-state index in [0.29, 0.717) is 28.9 Å². The lowest BCUT2D eigenvalue weighted by molar-refractivity contribution is -0.103. The molecule has 0 N–H and O–H groups in total. The van der Waals surface area contributed by atoms with Crippen LogP contribution in [0.15, 0.2) is 36.5 Å². The molecule has 2 aromatic rings. The van der Waals surface area contributed by atoms with Gasteiger partial charge in [-0.1, -0.05) is 12.1 Å². The molecule has 0 saturated carbocycles. The number of likely N-dealkylation sites (N-methyl/N-ethyl adjacent to an activating group) is 1. The van der Waals surface area contributed by atoms with Gasteiger partial charge in [-0.2, -0.15) is 0 Å². The van der Waals surface area contributed by atoms with Gasteiger partial charge in [-0.05, 0) is 49.5 Å². The Morgan fingerprint density at radius 2 is 1.95 bits per heavy atom. The molecule has 0 amide bonds. The number of allylic oxidation sites excluding steroid dienone is 1. The summed E-state index contributed by atoms with van der Waals surface area (Å²) in [5.41, 5.74) is 2.35. The highest BCUT2D eigenvalue weighted by Gasteiger charge is 2.14. The van der Waals surface area contributed by atoms with Crippen molar-refractivity contribution in [1.29, 1.82) is 0 Å². The molecule has 22 heavy (non-hydrogen) atoms. The quantitative estimate of drug-likeness (QED) is 0.483. The van der Waals surface area contributed by atoms with Crippen molar-refractivity contribution in [2.24, 2.45) is 0 Å². The highest BCUT2D eigenvalue weighted by Crippen LogP contribution is 2.25. The zero-order chi connectivity index (χ0) is 16.1. The molecule has 6 heteroatoms. The lowest BCUT2D eigenvalue weighted by atomic mass is 9.98. The first-order valence-corrected chi connectivity index (χ1v) is 6.97. The zero-order valence-electron chi connectivity index (χ0n) is 12.3. The molecule has 1 aromatic carbocycles. The number of aromatic nitrogens is 2. The van der Waals surface area contributed by atoms with Crippen LogP contribution in [0.25, 0.3) is 11.1 Å². The van der Waals surface area contributed by atoms with E-state index in [2.05, 4.69) is 9.97 Å². The van der Waals surface area contributed by atoms with E-state index in [9.17, 15) is 9.18 Å². The maximum atomic E-state index is 13.1. The maximum Gasteiger partial charge on any atom is 0.222 e. The minimum Gasteiger partial charge on any atom is -0.305 e. The van der Waals surface area contributed by atoms with Crippen LogP contribution in [0, 0.1) is 5.82 Å². The van der Waals surface area contributed by atoms with Crippen LogP contribution in [0.2, 0.25) is 5.28 Å². The van der Waals surface area contributed by atoms with Gasteiger partial charge in [0.25, 0.3) is 0 Å². The van der Waals surface area contributed by atoms with E-state index < -0.39 is 0 Å². The van der Waals surface area contributed by atoms with E-state index in [1.807, 2.05) is 19.0 Å². The molecular weight excluding hydrogens is 305 g/mol. The van der Waals surface area contributed by atoms with Crippen molar-refractivity contribution in [2.45, 2.75) is 0 Å². The first kappa shape index (κ1) is 16.3. The molecule has 0 aliphatic heterocycles. The van der Waals surface area contributed by atoms with Gasteiger partial charge >= 0.3 is 0 Å². The Labute approximate surface area is 133 Å². The number of benzene rings is 1. The maximum absolute atomic E-state index is 13.1. The lowest BCUT2D eigenvalue weighted by Crippen LogP contribution is -2.16. The third-order valence-corrected chi connectivity index (χ3v) is 3.19. The average molecular weight is 320 g/mol. The number of rotatable bonds is 5. The van der Waals surface area contributed by atoms with E-state index in [0.717, 1.165) is 6.29 Å². The average Bonchev–Trinajstić information content (AvgIpc) is 2.48. The summed E-state index contributed by atoms with van der Waals surface area (Å²) in [7, 11) is 3.77. The van der Waals surface area contributed by atoms with E-state index in [1.165, 1.54) is 18.3 Å². The first-order valence-electron chi connectivity index (χ1n) is 6.59. The molecule has 2 rings (SSSR count). The SMILES string of the molecule is CN(C)C/C(=C(\C=O)c1ccc(F)cc1)c1ccnc(Cl)n1. The second-order valence-electron chi connectivity index (χ2n) is 4.97. The summed E-state index contributed by atoms with van der Waals surface area (Å²) < 4.78 is 13.1. The van der Waals surface area contributed by atoms with E-state index in [4.69, 9.17) is 11.6 Å². The summed E-state index contributed by atoms with van der Waals surface area (Å²) >= 11 is 5.84. The van der Waals surface area contributed by atoms with Crippen LogP contribution in [-0.4, -0.2) is 41.8 Å². The van der Waals surface area contributed by atoms with Crippen LogP contribution < -0.4 is 0 Å². The molecular formula is C16H15ClFN3O. The minimum absolute atomic E-state index is 0.109. The molecule has 0 atom stereocenters. The molecule has 0 unspecified atom stereocenters. The van der Waals surface area contributed by atoms with Gasteiger partial charge in [-0.25, -0.2) is 14.4 Å². The Morgan fingerprint density at radius 1 is 1.27 bits per heavy atom. The molecule has 114 valence electrons. The van der Waals surface area contributed by atoms with Crippen LogP contribution in [0.1, 0.15) is 11.3 Å². The van der Waals surface area contributed by atoms with Crippen molar-refractivity contribution in [1.82, 2.24) is 14.9 Å². The van der Waals surface area contributed by atoms with Gasteiger partial charge in [-0.15, -0.1) is 0 Å².